The zero-order valence-electron chi connectivity index (χ0n) is 18.5. The topological polar surface area (TPSA) is 96.7 Å². The van der Waals surface area contributed by atoms with Crippen molar-refractivity contribution in [2.75, 3.05) is 24.6 Å². The van der Waals surface area contributed by atoms with Crippen molar-refractivity contribution in [1.82, 2.24) is 14.7 Å². The number of hydrogen-bond donors (Lipinski definition) is 1. The Balaban J connectivity index is 1.64. The number of carbonyl (C=O) groups is 1. The number of hydrogen-bond acceptors (Lipinski definition) is 5. The van der Waals surface area contributed by atoms with E-state index in [9.17, 15) is 13.2 Å². The summed E-state index contributed by atoms with van der Waals surface area (Å²) in [6.07, 6.45) is 2.85. The number of nitrogens with zero attached hydrogens (tertiary/aromatic N) is 4. The number of rotatable bonds is 6. The monoisotopic (exact) mass is 485 g/mol. The van der Waals surface area contributed by atoms with Gasteiger partial charge in [-0.3, -0.25) is 19.2 Å². The van der Waals surface area contributed by atoms with Crippen LogP contribution in [0, 0.1) is 0 Å². The average molecular weight is 486 g/mol. The van der Waals surface area contributed by atoms with Crippen LogP contribution in [0.3, 0.4) is 0 Å². The number of amides is 1. The van der Waals surface area contributed by atoms with E-state index in [4.69, 9.17) is 11.6 Å². The van der Waals surface area contributed by atoms with Crippen molar-refractivity contribution >= 4 is 39.4 Å². The van der Waals surface area contributed by atoms with Crippen molar-refractivity contribution in [3.8, 4) is 11.3 Å². The molecule has 1 N–H and O–H groups in total. The fourth-order valence-corrected chi connectivity index (χ4v) is 4.64. The molecule has 1 amide bonds. The minimum atomic E-state index is -3.52. The largest absolute Gasteiger partial charge is 0.331 e. The van der Waals surface area contributed by atoms with Crippen molar-refractivity contribution in [1.29, 1.82) is 0 Å². The van der Waals surface area contributed by atoms with Crippen LogP contribution in [0.4, 0.5) is 5.69 Å². The molecule has 1 aromatic heterocycles. The Labute approximate surface area is 197 Å². The highest BCUT2D eigenvalue weighted by molar-refractivity contribution is 7.92. The maximum Gasteiger partial charge on any atom is 0.272 e. The smallest absolute Gasteiger partial charge is 0.272 e. The van der Waals surface area contributed by atoms with Gasteiger partial charge < -0.3 is 4.90 Å². The van der Waals surface area contributed by atoms with Crippen LogP contribution in [-0.4, -0.2) is 55.1 Å². The van der Waals surface area contributed by atoms with Gasteiger partial charge in [0, 0.05) is 36.9 Å². The van der Waals surface area contributed by atoms with E-state index >= 15 is 0 Å². The minimum absolute atomic E-state index is 0.0448. The third-order valence-electron chi connectivity index (χ3n) is 5.33. The van der Waals surface area contributed by atoms with Crippen LogP contribution in [0.25, 0.3) is 11.3 Å². The molecule has 10 heteroatoms. The van der Waals surface area contributed by atoms with Crippen LogP contribution in [0.1, 0.15) is 34.6 Å². The lowest BCUT2D eigenvalue weighted by molar-refractivity contribution is 0.0651. The number of sulfonamides is 1. The second-order valence-corrected chi connectivity index (χ2v) is 10.3. The van der Waals surface area contributed by atoms with Gasteiger partial charge in [-0.1, -0.05) is 35.9 Å². The first-order valence-corrected chi connectivity index (χ1v) is 12.6. The van der Waals surface area contributed by atoms with Gasteiger partial charge in [0.2, 0.25) is 10.0 Å². The summed E-state index contributed by atoms with van der Waals surface area (Å²) in [6.45, 7) is 2.99. The number of fused-ring (bicyclic) bond motifs is 1. The second-order valence-electron chi connectivity index (χ2n) is 8.09. The van der Waals surface area contributed by atoms with Gasteiger partial charge in [0.15, 0.2) is 0 Å². The van der Waals surface area contributed by atoms with E-state index in [-0.39, 0.29) is 11.9 Å². The molecule has 8 nitrogen and oxygen atoms in total. The lowest BCUT2D eigenvalue weighted by Gasteiger charge is -2.31. The summed E-state index contributed by atoms with van der Waals surface area (Å²) in [5.41, 5.74) is 3.84. The molecule has 4 rings (SSSR count). The first-order valence-electron chi connectivity index (χ1n) is 10.3. The number of benzene rings is 2. The Morgan fingerprint density at radius 2 is 1.94 bits per heavy atom. The zero-order valence-corrected chi connectivity index (χ0v) is 20.1. The van der Waals surface area contributed by atoms with Gasteiger partial charge >= 0.3 is 0 Å². The van der Waals surface area contributed by atoms with Gasteiger partial charge in [-0.15, -0.1) is 0 Å². The van der Waals surface area contributed by atoms with E-state index < -0.39 is 10.0 Å². The molecule has 1 atom stereocenters. The molecular formula is C23H24ClN5O3S. The maximum absolute atomic E-state index is 13.3. The summed E-state index contributed by atoms with van der Waals surface area (Å²) in [6, 6.07) is 14.5. The van der Waals surface area contributed by atoms with Crippen LogP contribution in [0.2, 0.25) is 5.02 Å². The predicted octanol–water partition coefficient (Wildman–Crippen LogP) is 3.84. The number of halogens is 1. The second kappa shape index (κ2) is 8.99. The first kappa shape index (κ1) is 23.0. The molecule has 2 heterocycles. The summed E-state index contributed by atoms with van der Waals surface area (Å²) < 4.78 is 27.8. The molecule has 0 saturated heterocycles. The average Bonchev–Trinajstić information content (AvgIpc) is 3.18. The lowest BCUT2D eigenvalue weighted by atomic mass is 10.1. The van der Waals surface area contributed by atoms with Crippen molar-refractivity contribution in [3.63, 3.8) is 0 Å². The van der Waals surface area contributed by atoms with E-state index in [1.807, 2.05) is 31.2 Å². The summed E-state index contributed by atoms with van der Waals surface area (Å²) >= 11 is 6.08. The number of anilines is 1. The highest BCUT2D eigenvalue weighted by atomic mass is 35.5. The molecule has 0 aliphatic carbocycles. The third kappa shape index (κ3) is 5.09. The third-order valence-corrected chi connectivity index (χ3v) is 6.15. The Kier molecular flexibility index (Phi) is 6.27. The Morgan fingerprint density at radius 3 is 2.61 bits per heavy atom. The predicted molar refractivity (Wildman–Crippen MR) is 131 cm³/mol. The molecule has 0 spiro atoms. The van der Waals surface area contributed by atoms with E-state index in [0.717, 1.165) is 17.4 Å². The number of nitrogens with one attached hydrogen (secondary N) is 1. The molecule has 0 saturated carbocycles. The molecule has 2 aromatic carbocycles. The van der Waals surface area contributed by atoms with E-state index in [0.29, 0.717) is 40.8 Å². The molecular weight excluding hydrogens is 462 g/mol. The van der Waals surface area contributed by atoms with Crippen LogP contribution < -0.4 is 4.72 Å². The molecule has 0 bridgehead atoms. The van der Waals surface area contributed by atoms with E-state index in [1.165, 1.54) is 6.07 Å². The van der Waals surface area contributed by atoms with Crippen LogP contribution in [-0.2, 0) is 16.6 Å². The number of aliphatic imine (C=N–C) groups is 1. The molecule has 0 fully saturated rings. The van der Waals surface area contributed by atoms with Gasteiger partial charge in [0.1, 0.15) is 5.69 Å². The lowest BCUT2D eigenvalue weighted by Crippen LogP contribution is -2.41. The van der Waals surface area contributed by atoms with Crippen molar-refractivity contribution < 1.29 is 13.2 Å². The van der Waals surface area contributed by atoms with Crippen molar-refractivity contribution in [3.05, 3.63) is 70.4 Å². The summed E-state index contributed by atoms with van der Waals surface area (Å²) in [5, 5.41) is 5.01. The fraction of sp³-hybridized carbons (Fsp3) is 0.261. The van der Waals surface area contributed by atoms with Crippen LogP contribution in [0.15, 0.2) is 53.5 Å². The summed E-state index contributed by atoms with van der Waals surface area (Å²) in [7, 11) is -1.80. The van der Waals surface area contributed by atoms with Gasteiger partial charge in [-0.25, -0.2) is 8.42 Å². The number of carbonyl (C=O) groups excluding carboxylic acids is 1. The van der Waals surface area contributed by atoms with E-state index in [1.54, 1.807) is 41.0 Å². The van der Waals surface area contributed by atoms with Gasteiger partial charge in [0.25, 0.3) is 5.91 Å². The zero-order chi connectivity index (χ0) is 23.8. The van der Waals surface area contributed by atoms with Crippen molar-refractivity contribution in [2.45, 2.75) is 19.5 Å². The minimum Gasteiger partial charge on any atom is -0.331 e. The SMILES string of the molecule is C/N=C\c1ccc(CN2C[C@H](C)n3nc(-c4ccc(Cl)cc4NS(C)(=O)=O)cc3C2=O)cc1. The molecule has 0 radical (unpaired) electrons. The van der Waals surface area contributed by atoms with Gasteiger partial charge in [-0.05, 0) is 42.3 Å². The molecule has 172 valence electrons. The highest BCUT2D eigenvalue weighted by Gasteiger charge is 2.31. The Hall–Kier alpha value is -3.17. The Bertz CT molecular complexity index is 1330. The van der Waals surface area contributed by atoms with Gasteiger partial charge in [-0.2, -0.15) is 5.10 Å². The molecule has 3 aromatic rings. The standard InChI is InChI=1S/C23H24ClN5O3S/c1-15-13-28(14-17-6-4-16(5-7-17)12-25-2)23(30)22-11-20(26-29(15)22)19-9-8-18(24)10-21(19)27-33(3,31)32/h4-12,15,27H,13-14H2,1-3H3/b25-12-/t15-/m0/s1. The van der Waals surface area contributed by atoms with Crippen LogP contribution >= 0.6 is 11.6 Å². The van der Waals surface area contributed by atoms with E-state index in [2.05, 4.69) is 14.8 Å². The Morgan fingerprint density at radius 1 is 1.21 bits per heavy atom. The maximum atomic E-state index is 13.3. The summed E-state index contributed by atoms with van der Waals surface area (Å²) in [5.74, 6) is -0.127. The molecule has 1 aliphatic heterocycles. The first-order chi connectivity index (χ1) is 15.6. The van der Waals surface area contributed by atoms with Crippen molar-refractivity contribution in [2.24, 2.45) is 4.99 Å². The molecule has 1 aliphatic rings. The highest BCUT2D eigenvalue weighted by Crippen LogP contribution is 2.33. The number of aromatic nitrogens is 2. The van der Waals surface area contributed by atoms with Gasteiger partial charge in [0.05, 0.1) is 23.7 Å². The molecule has 0 unspecified atom stereocenters. The summed E-state index contributed by atoms with van der Waals surface area (Å²) in [4.78, 5) is 19.1. The fourth-order valence-electron chi connectivity index (χ4n) is 3.90. The quantitative estimate of drug-likeness (QED) is 0.536. The molecule has 33 heavy (non-hydrogen) atoms. The normalized spacial score (nSPS) is 16.3. The van der Waals surface area contributed by atoms with Crippen LogP contribution in [0.5, 0.6) is 0 Å².